The fourth-order valence-electron chi connectivity index (χ4n) is 1.96. The van der Waals surface area contributed by atoms with Crippen molar-refractivity contribution < 1.29 is 9.53 Å². The molecule has 0 saturated carbocycles. The molecule has 0 bridgehead atoms. The number of nitrogens with zero attached hydrogens (tertiary/aromatic N) is 2. The zero-order valence-electron chi connectivity index (χ0n) is 12.6. The van der Waals surface area contributed by atoms with E-state index in [1.165, 1.54) is 6.08 Å². The number of benzene rings is 1. The lowest BCUT2D eigenvalue weighted by Gasteiger charge is -2.24. The van der Waals surface area contributed by atoms with Crippen LogP contribution in [-0.2, 0) is 22.0 Å². The maximum atomic E-state index is 11.8. The smallest absolute Gasteiger partial charge is 0.330 e. The predicted octanol–water partition coefficient (Wildman–Crippen LogP) is 2.95. The fourth-order valence-corrected chi connectivity index (χ4v) is 1.96. The lowest BCUT2D eigenvalue weighted by atomic mass is 9.86. The molecule has 21 heavy (non-hydrogen) atoms. The maximum Gasteiger partial charge on any atom is 0.330 e. The monoisotopic (exact) mass is 284 g/mol. The van der Waals surface area contributed by atoms with Gasteiger partial charge in [0.2, 0.25) is 0 Å². The van der Waals surface area contributed by atoms with Crippen molar-refractivity contribution in [2.45, 2.75) is 19.3 Å². The summed E-state index contributed by atoms with van der Waals surface area (Å²) in [5.41, 5.74) is 1.81. The number of aryl methyl sites for hydroxylation is 1. The van der Waals surface area contributed by atoms with Crippen LogP contribution in [0.3, 0.4) is 0 Å². The Balaban J connectivity index is 1.90. The Labute approximate surface area is 125 Å². The van der Waals surface area contributed by atoms with E-state index in [-0.39, 0.29) is 11.4 Å². The minimum absolute atomic E-state index is 0.209. The van der Waals surface area contributed by atoms with Crippen molar-refractivity contribution in [1.82, 2.24) is 9.78 Å². The minimum atomic E-state index is -0.345. The van der Waals surface area contributed by atoms with E-state index in [0.717, 1.165) is 11.1 Å². The summed E-state index contributed by atoms with van der Waals surface area (Å²) < 4.78 is 7.02. The highest BCUT2D eigenvalue weighted by atomic mass is 16.5. The van der Waals surface area contributed by atoms with E-state index in [0.29, 0.717) is 6.61 Å². The third-order valence-corrected chi connectivity index (χ3v) is 3.27. The van der Waals surface area contributed by atoms with Crippen LogP contribution in [0, 0.1) is 0 Å². The number of ether oxygens (including phenoxy) is 1. The Bertz CT molecular complexity index is 627. The molecule has 0 aliphatic heterocycles. The van der Waals surface area contributed by atoms with E-state index in [2.05, 4.69) is 18.9 Å². The van der Waals surface area contributed by atoms with E-state index in [1.807, 2.05) is 43.6 Å². The second kappa shape index (κ2) is 6.39. The van der Waals surface area contributed by atoms with Gasteiger partial charge < -0.3 is 4.74 Å². The quantitative estimate of drug-likeness (QED) is 0.626. The number of esters is 1. The van der Waals surface area contributed by atoms with E-state index < -0.39 is 0 Å². The summed E-state index contributed by atoms with van der Waals surface area (Å²) in [6.45, 7) is 4.45. The van der Waals surface area contributed by atoms with Gasteiger partial charge in [0.15, 0.2) is 0 Å². The van der Waals surface area contributed by atoms with Crippen LogP contribution in [0.15, 0.2) is 48.8 Å². The van der Waals surface area contributed by atoms with Gasteiger partial charge in [0, 0.05) is 30.3 Å². The Kier molecular flexibility index (Phi) is 4.58. The Morgan fingerprint density at radius 1 is 1.33 bits per heavy atom. The molecule has 0 amide bonds. The first-order valence-electron chi connectivity index (χ1n) is 6.86. The number of hydrogen-bond acceptors (Lipinski definition) is 3. The summed E-state index contributed by atoms with van der Waals surface area (Å²) in [4.78, 5) is 11.8. The van der Waals surface area contributed by atoms with E-state index in [1.54, 1.807) is 17.0 Å². The van der Waals surface area contributed by atoms with Crippen LogP contribution < -0.4 is 0 Å². The van der Waals surface area contributed by atoms with Gasteiger partial charge in [0.05, 0.1) is 6.20 Å². The normalized spacial score (nSPS) is 11.8. The third kappa shape index (κ3) is 4.31. The van der Waals surface area contributed by atoms with Crippen molar-refractivity contribution in [3.8, 4) is 0 Å². The summed E-state index contributed by atoms with van der Waals surface area (Å²) in [6.07, 6.45) is 6.65. The van der Waals surface area contributed by atoms with E-state index >= 15 is 0 Å². The molecule has 1 aromatic heterocycles. The molecule has 0 saturated heterocycles. The number of aromatic nitrogens is 2. The first-order chi connectivity index (χ1) is 9.97. The van der Waals surface area contributed by atoms with E-state index in [4.69, 9.17) is 4.74 Å². The molecule has 0 radical (unpaired) electrons. The third-order valence-electron chi connectivity index (χ3n) is 3.27. The van der Waals surface area contributed by atoms with Crippen molar-refractivity contribution in [3.05, 3.63) is 59.9 Å². The maximum absolute atomic E-state index is 11.8. The lowest BCUT2D eigenvalue weighted by Crippen LogP contribution is -2.25. The number of carbonyl (C=O) groups is 1. The topological polar surface area (TPSA) is 44.1 Å². The van der Waals surface area contributed by atoms with Gasteiger partial charge >= 0.3 is 5.97 Å². The number of carbonyl (C=O) groups excluding carboxylic acids is 1. The second-order valence-corrected chi connectivity index (χ2v) is 5.64. The van der Waals surface area contributed by atoms with Gasteiger partial charge in [-0.25, -0.2) is 4.79 Å². The van der Waals surface area contributed by atoms with Gasteiger partial charge in [0.25, 0.3) is 0 Å². The van der Waals surface area contributed by atoms with Crippen molar-refractivity contribution in [1.29, 1.82) is 0 Å². The molecule has 2 rings (SSSR count). The van der Waals surface area contributed by atoms with Gasteiger partial charge in [-0.3, -0.25) is 4.68 Å². The molecule has 0 N–H and O–H groups in total. The largest absolute Gasteiger partial charge is 0.462 e. The van der Waals surface area contributed by atoms with Crippen LogP contribution in [0.5, 0.6) is 0 Å². The van der Waals surface area contributed by atoms with Gasteiger partial charge in [-0.2, -0.15) is 5.10 Å². The van der Waals surface area contributed by atoms with Crippen LogP contribution in [0.4, 0.5) is 0 Å². The van der Waals surface area contributed by atoms with Gasteiger partial charge in [0.1, 0.15) is 6.61 Å². The second-order valence-electron chi connectivity index (χ2n) is 5.64. The first-order valence-corrected chi connectivity index (χ1v) is 6.86. The van der Waals surface area contributed by atoms with Crippen LogP contribution in [0.2, 0.25) is 0 Å². The highest BCUT2D eigenvalue weighted by Gasteiger charge is 2.21. The summed E-state index contributed by atoms with van der Waals surface area (Å²) in [5.74, 6) is -0.345. The molecule has 110 valence electrons. The minimum Gasteiger partial charge on any atom is -0.462 e. The van der Waals surface area contributed by atoms with Crippen molar-refractivity contribution in [3.63, 3.8) is 0 Å². The molecule has 0 aliphatic carbocycles. The molecule has 0 fully saturated rings. The van der Waals surface area contributed by atoms with Gasteiger partial charge in [-0.05, 0) is 11.6 Å². The zero-order chi connectivity index (χ0) is 15.3. The molecule has 0 spiro atoms. The van der Waals surface area contributed by atoms with Crippen LogP contribution in [-0.4, -0.2) is 22.4 Å². The Morgan fingerprint density at radius 2 is 2.05 bits per heavy atom. The van der Waals surface area contributed by atoms with Crippen LogP contribution in [0.1, 0.15) is 25.0 Å². The molecule has 4 heteroatoms. The first kappa shape index (κ1) is 15.0. The van der Waals surface area contributed by atoms with Crippen molar-refractivity contribution in [2.24, 2.45) is 7.05 Å². The van der Waals surface area contributed by atoms with Crippen molar-refractivity contribution >= 4 is 12.0 Å². The SMILES string of the molecule is Cn1cc(/C=C/C(=O)OCC(C)(C)c2ccccc2)cn1. The summed E-state index contributed by atoms with van der Waals surface area (Å²) in [6, 6.07) is 10.0. The molecular weight excluding hydrogens is 264 g/mol. The average Bonchev–Trinajstić information content (AvgIpc) is 2.90. The van der Waals surface area contributed by atoms with Gasteiger partial charge in [-0.1, -0.05) is 44.2 Å². The molecule has 4 nitrogen and oxygen atoms in total. The highest BCUT2D eigenvalue weighted by Crippen LogP contribution is 2.23. The molecule has 0 unspecified atom stereocenters. The Hall–Kier alpha value is -2.36. The van der Waals surface area contributed by atoms with Crippen LogP contribution >= 0.6 is 0 Å². The lowest BCUT2D eigenvalue weighted by molar-refractivity contribution is -0.139. The van der Waals surface area contributed by atoms with Crippen LogP contribution in [0.25, 0.3) is 6.08 Å². The summed E-state index contributed by atoms with van der Waals surface area (Å²) in [5, 5.41) is 4.03. The number of rotatable bonds is 5. The van der Waals surface area contributed by atoms with E-state index in [9.17, 15) is 4.79 Å². The molecule has 1 aromatic carbocycles. The molecule has 0 aliphatic rings. The zero-order valence-corrected chi connectivity index (χ0v) is 12.6. The molecule has 1 heterocycles. The highest BCUT2D eigenvalue weighted by molar-refractivity contribution is 5.86. The average molecular weight is 284 g/mol. The fraction of sp³-hybridized carbons (Fsp3) is 0.294. The van der Waals surface area contributed by atoms with Gasteiger partial charge in [-0.15, -0.1) is 0 Å². The van der Waals surface area contributed by atoms with Crippen molar-refractivity contribution in [2.75, 3.05) is 6.61 Å². The molecule has 0 atom stereocenters. The standard InChI is InChI=1S/C17H20N2O2/c1-17(2,15-7-5-4-6-8-15)13-21-16(20)10-9-14-11-18-19(3)12-14/h4-12H,13H2,1-3H3/b10-9+. The molecular formula is C17H20N2O2. The predicted molar refractivity (Wildman–Crippen MR) is 82.7 cm³/mol. The summed E-state index contributed by atoms with van der Waals surface area (Å²) in [7, 11) is 1.83. The number of hydrogen-bond donors (Lipinski definition) is 0. The summed E-state index contributed by atoms with van der Waals surface area (Å²) >= 11 is 0. The Morgan fingerprint density at radius 3 is 2.67 bits per heavy atom. The molecule has 2 aromatic rings.